The lowest BCUT2D eigenvalue weighted by atomic mass is 9.86. The topological polar surface area (TPSA) is 54.1 Å². The van der Waals surface area contributed by atoms with E-state index in [4.69, 9.17) is 4.74 Å². The summed E-state index contributed by atoms with van der Waals surface area (Å²) in [6, 6.07) is 21.4. The zero-order chi connectivity index (χ0) is 23.5. The predicted molar refractivity (Wildman–Crippen MR) is 136 cm³/mol. The van der Waals surface area contributed by atoms with Crippen molar-refractivity contribution in [1.82, 2.24) is 0 Å². The molecule has 0 spiro atoms. The Morgan fingerprint density at radius 1 is 0.853 bits per heavy atom. The maximum absolute atomic E-state index is 10.0. The summed E-state index contributed by atoms with van der Waals surface area (Å²) < 4.78 is 6.48. The van der Waals surface area contributed by atoms with Crippen molar-refractivity contribution in [2.75, 3.05) is 19.6 Å². The first-order chi connectivity index (χ1) is 16.6. The first-order valence-corrected chi connectivity index (χ1v) is 12.5. The molecule has 2 aliphatic rings. The van der Waals surface area contributed by atoms with Crippen molar-refractivity contribution in [3.8, 4) is 17.2 Å². The number of quaternary nitrogens is 1. The maximum atomic E-state index is 10.0. The molecule has 0 aromatic heterocycles. The molecular formula is C30H34NO3+. The summed E-state index contributed by atoms with van der Waals surface area (Å²) in [4.78, 5) is 1.76. The van der Waals surface area contributed by atoms with E-state index < -0.39 is 0 Å². The average molecular weight is 457 g/mol. The van der Waals surface area contributed by atoms with Gasteiger partial charge in [-0.1, -0.05) is 36.4 Å². The Morgan fingerprint density at radius 2 is 1.56 bits per heavy atom. The summed E-state index contributed by atoms with van der Waals surface area (Å²) in [5.74, 6) is 1.14. The number of fused-ring (bicyclic) bond motifs is 1. The number of allylic oxidation sites excluding steroid dienone is 1. The van der Waals surface area contributed by atoms with E-state index in [1.165, 1.54) is 50.9 Å². The fraction of sp³-hybridized carbons (Fsp3) is 0.333. The van der Waals surface area contributed by atoms with Crippen LogP contribution in [-0.2, 0) is 6.42 Å². The van der Waals surface area contributed by atoms with Crippen molar-refractivity contribution in [1.29, 1.82) is 0 Å². The zero-order valence-corrected chi connectivity index (χ0v) is 19.9. The highest BCUT2D eigenvalue weighted by molar-refractivity contribution is 5.95. The molecule has 0 radical (unpaired) electrons. The lowest BCUT2D eigenvalue weighted by Gasteiger charge is -2.31. The van der Waals surface area contributed by atoms with Gasteiger partial charge in [-0.15, -0.1) is 0 Å². The van der Waals surface area contributed by atoms with Gasteiger partial charge in [0.15, 0.2) is 0 Å². The number of hydrogen-bond acceptors (Lipinski definition) is 3. The molecule has 3 aromatic rings. The van der Waals surface area contributed by atoms with Gasteiger partial charge in [-0.2, -0.15) is 0 Å². The number of phenols is 2. The summed E-state index contributed by atoms with van der Waals surface area (Å²) in [5, 5.41) is 19.8. The maximum Gasteiger partial charge on any atom is 0.150 e. The predicted octanol–water partition coefficient (Wildman–Crippen LogP) is 5.16. The highest BCUT2D eigenvalue weighted by Crippen LogP contribution is 2.47. The van der Waals surface area contributed by atoms with Crippen LogP contribution in [-0.4, -0.2) is 29.8 Å². The van der Waals surface area contributed by atoms with Gasteiger partial charge in [-0.25, -0.2) is 0 Å². The van der Waals surface area contributed by atoms with Crippen LogP contribution in [0.2, 0.25) is 0 Å². The minimum Gasteiger partial charge on any atom is -0.508 e. The normalized spacial score (nSPS) is 18.4. The minimum atomic E-state index is -0.286. The molecule has 0 aliphatic carbocycles. The van der Waals surface area contributed by atoms with E-state index in [0.29, 0.717) is 5.75 Å². The van der Waals surface area contributed by atoms with Crippen molar-refractivity contribution in [3.63, 3.8) is 0 Å². The van der Waals surface area contributed by atoms with Crippen LogP contribution in [0.4, 0.5) is 0 Å². The quantitative estimate of drug-likeness (QED) is 0.480. The Labute approximate surface area is 202 Å². The van der Waals surface area contributed by atoms with Gasteiger partial charge in [0.1, 0.15) is 23.4 Å². The Kier molecular flexibility index (Phi) is 6.59. The van der Waals surface area contributed by atoms with E-state index in [9.17, 15) is 10.2 Å². The number of likely N-dealkylation sites (tertiary alicyclic amines) is 1. The average Bonchev–Trinajstić information content (AvgIpc) is 2.86. The first kappa shape index (κ1) is 22.5. The van der Waals surface area contributed by atoms with E-state index >= 15 is 0 Å². The Hall–Kier alpha value is -3.24. The molecule has 34 heavy (non-hydrogen) atoms. The van der Waals surface area contributed by atoms with E-state index in [2.05, 4.69) is 31.2 Å². The van der Waals surface area contributed by atoms with Gasteiger partial charge in [0.2, 0.25) is 0 Å². The summed E-state index contributed by atoms with van der Waals surface area (Å²) in [5.41, 5.74) is 6.65. The molecule has 1 saturated heterocycles. The summed E-state index contributed by atoms with van der Waals surface area (Å²) in [7, 11) is 0. The molecule has 2 aliphatic heterocycles. The van der Waals surface area contributed by atoms with E-state index in [0.717, 1.165) is 34.3 Å². The highest BCUT2D eigenvalue weighted by atomic mass is 16.5. The fourth-order valence-electron chi connectivity index (χ4n) is 5.39. The molecule has 0 bridgehead atoms. The van der Waals surface area contributed by atoms with Crippen molar-refractivity contribution >= 4 is 11.1 Å². The lowest BCUT2D eigenvalue weighted by molar-refractivity contribution is -0.905. The number of nitrogens with one attached hydrogen (secondary N) is 1. The van der Waals surface area contributed by atoms with Crippen molar-refractivity contribution in [2.24, 2.45) is 0 Å². The molecular weight excluding hydrogens is 422 g/mol. The summed E-state index contributed by atoms with van der Waals surface area (Å²) >= 11 is 0. The number of ether oxygens (including phenoxy) is 1. The van der Waals surface area contributed by atoms with Gasteiger partial charge in [0, 0.05) is 23.6 Å². The van der Waals surface area contributed by atoms with E-state index in [-0.39, 0.29) is 17.6 Å². The molecule has 3 aromatic carbocycles. The number of rotatable bonds is 6. The third-order valence-corrected chi connectivity index (χ3v) is 7.30. The van der Waals surface area contributed by atoms with Crippen LogP contribution >= 0.6 is 0 Å². The smallest absolute Gasteiger partial charge is 0.150 e. The van der Waals surface area contributed by atoms with Crippen LogP contribution in [0, 0.1) is 0 Å². The molecule has 0 saturated carbocycles. The van der Waals surface area contributed by atoms with Crippen molar-refractivity contribution in [2.45, 2.75) is 45.1 Å². The SMILES string of the molecule is CC1=C(c2ccc(O)cc2)[C@H](c2ccc(CCC[NH+]3CCCCC3)cc2)Oc2cc(O)ccc21. The second-order valence-corrected chi connectivity index (χ2v) is 9.67. The van der Waals surface area contributed by atoms with Crippen LogP contribution in [0.1, 0.15) is 61.0 Å². The third kappa shape index (κ3) is 4.83. The number of aryl methyl sites for hydroxylation is 1. The largest absolute Gasteiger partial charge is 0.508 e. The molecule has 2 heterocycles. The van der Waals surface area contributed by atoms with Crippen LogP contribution in [0.3, 0.4) is 0 Å². The minimum absolute atomic E-state index is 0.199. The van der Waals surface area contributed by atoms with Gasteiger partial charge in [-0.3, -0.25) is 0 Å². The second-order valence-electron chi connectivity index (χ2n) is 9.67. The fourth-order valence-corrected chi connectivity index (χ4v) is 5.39. The van der Waals surface area contributed by atoms with Gasteiger partial charge in [0.05, 0.1) is 19.6 Å². The van der Waals surface area contributed by atoms with Crippen LogP contribution in [0.5, 0.6) is 17.2 Å². The molecule has 4 nitrogen and oxygen atoms in total. The molecule has 0 amide bonds. The highest BCUT2D eigenvalue weighted by Gasteiger charge is 2.29. The number of phenolic OH excluding ortho intramolecular Hbond substituents is 2. The van der Waals surface area contributed by atoms with Crippen molar-refractivity contribution in [3.05, 3.63) is 89.0 Å². The molecule has 1 atom stereocenters. The molecule has 3 N–H and O–H groups in total. The van der Waals surface area contributed by atoms with E-state index in [1.54, 1.807) is 29.2 Å². The molecule has 1 fully saturated rings. The standard InChI is InChI=1S/C30H33NO3/c1-21-27-16-15-26(33)20-28(27)34-30(29(21)23-11-13-25(32)14-12-23)24-9-7-22(8-10-24)6-5-19-31-17-3-2-4-18-31/h7-16,20,30,32-33H,2-6,17-19H2,1H3/p+1/t30-/m0/s1. The molecule has 176 valence electrons. The Balaban J connectivity index is 1.39. The number of benzene rings is 3. The van der Waals surface area contributed by atoms with Crippen LogP contribution in [0.25, 0.3) is 11.1 Å². The Morgan fingerprint density at radius 3 is 2.29 bits per heavy atom. The van der Waals surface area contributed by atoms with Crippen molar-refractivity contribution < 1.29 is 19.8 Å². The Bertz CT molecular complexity index is 1160. The lowest BCUT2D eigenvalue weighted by Crippen LogP contribution is -3.12. The van der Waals surface area contributed by atoms with E-state index in [1.807, 2.05) is 18.2 Å². The first-order valence-electron chi connectivity index (χ1n) is 12.5. The second kappa shape index (κ2) is 9.94. The molecule has 5 rings (SSSR count). The van der Waals surface area contributed by atoms with Gasteiger partial charge in [0.25, 0.3) is 0 Å². The number of hydrogen-bond donors (Lipinski definition) is 3. The zero-order valence-electron chi connectivity index (χ0n) is 19.9. The summed E-state index contributed by atoms with van der Waals surface area (Å²) in [6.45, 7) is 6.03. The van der Waals surface area contributed by atoms with Gasteiger partial charge >= 0.3 is 0 Å². The number of piperidine rings is 1. The molecule has 0 unspecified atom stereocenters. The van der Waals surface area contributed by atoms with Crippen LogP contribution in [0.15, 0.2) is 66.7 Å². The summed E-state index contributed by atoms with van der Waals surface area (Å²) in [6.07, 6.45) is 6.19. The third-order valence-electron chi connectivity index (χ3n) is 7.30. The monoisotopic (exact) mass is 456 g/mol. The van der Waals surface area contributed by atoms with Gasteiger partial charge in [-0.05, 0) is 79.1 Å². The molecule has 4 heteroatoms. The van der Waals surface area contributed by atoms with Crippen LogP contribution < -0.4 is 9.64 Å². The van der Waals surface area contributed by atoms with Gasteiger partial charge < -0.3 is 19.8 Å². The number of aromatic hydroxyl groups is 2.